The Morgan fingerprint density at radius 1 is 1.17 bits per heavy atom. The molecule has 1 heterocycles. The molecule has 1 aromatic heterocycles. The third kappa shape index (κ3) is 6.58. The van der Waals surface area contributed by atoms with Crippen LogP contribution in [-0.2, 0) is 28.7 Å². The third-order valence-corrected chi connectivity index (χ3v) is 4.52. The van der Waals surface area contributed by atoms with Crippen molar-refractivity contribution in [2.45, 2.75) is 51.5 Å². The molecule has 0 radical (unpaired) electrons. The van der Waals surface area contributed by atoms with Gasteiger partial charge in [0.15, 0.2) is 0 Å². The zero-order chi connectivity index (χ0) is 22.5. The maximum absolute atomic E-state index is 12.9. The first-order chi connectivity index (χ1) is 14.0. The fourth-order valence-corrected chi connectivity index (χ4v) is 3.08. The molecule has 10 heteroatoms. The fourth-order valence-electron chi connectivity index (χ4n) is 3.08. The lowest BCUT2D eigenvalue weighted by molar-refractivity contribution is -0.143. The molecule has 3 N–H and O–H groups in total. The molecule has 2 unspecified atom stereocenters. The van der Waals surface area contributed by atoms with Crippen LogP contribution in [0.2, 0.25) is 0 Å². The van der Waals surface area contributed by atoms with E-state index in [9.17, 15) is 33.0 Å². The van der Waals surface area contributed by atoms with E-state index in [-0.39, 0.29) is 25.3 Å². The molecule has 0 spiro atoms. The number of halogens is 3. The number of imidazole rings is 1. The number of alkyl halides is 3. The van der Waals surface area contributed by atoms with Crippen molar-refractivity contribution >= 4 is 11.9 Å². The second-order valence-corrected chi connectivity index (χ2v) is 7.49. The molecule has 0 saturated carbocycles. The Balaban J connectivity index is 2.18. The largest absolute Gasteiger partial charge is 0.480 e. The summed E-state index contributed by atoms with van der Waals surface area (Å²) < 4.78 is 40.3. The molecule has 7 nitrogen and oxygen atoms in total. The summed E-state index contributed by atoms with van der Waals surface area (Å²) in [6.07, 6.45) is -1.46. The van der Waals surface area contributed by atoms with E-state index in [1.54, 1.807) is 4.57 Å². The van der Waals surface area contributed by atoms with Crippen LogP contribution >= 0.6 is 0 Å². The lowest BCUT2D eigenvalue weighted by atomic mass is 10.0. The predicted octanol–water partition coefficient (Wildman–Crippen LogP) is 3.03. The van der Waals surface area contributed by atoms with E-state index in [0.717, 1.165) is 12.1 Å². The molecule has 2 aromatic rings. The highest BCUT2D eigenvalue weighted by molar-refractivity contribution is 5.77. The number of aliphatic carboxylic acids is 2. The Kier molecular flexibility index (Phi) is 7.60. The molecule has 164 valence electrons. The zero-order valence-corrected chi connectivity index (χ0v) is 16.6. The van der Waals surface area contributed by atoms with Crippen molar-refractivity contribution in [1.82, 2.24) is 14.9 Å². The van der Waals surface area contributed by atoms with E-state index < -0.39 is 35.8 Å². The Hall–Kier alpha value is -2.88. The number of nitrogens with zero attached hydrogens (tertiary/aromatic N) is 2. The monoisotopic (exact) mass is 427 g/mol. The van der Waals surface area contributed by atoms with E-state index in [1.165, 1.54) is 24.7 Å². The van der Waals surface area contributed by atoms with Gasteiger partial charge in [-0.1, -0.05) is 26.0 Å². The molecule has 30 heavy (non-hydrogen) atoms. The second-order valence-electron chi connectivity index (χ2n) is 7.49. The van der Waals surface area contributed by atoms with Gasteiger partial charge < -0.3 is 14.8 Å². The van der Waals surface area contributed by atoms with Crippen LogP contribution in [0.4, 0.5) is 13.2 Å². The minimum atomic E-state index is -4.46. The molecule has 0 aliphatic rings. The maximum atomic E-state index is 12.9. The highest BCUT2D eigenvalue weighted by atomic mass is 19.4. The first kappa shape index (κ1) is 23.4. The normalized spacial score (nSPS) is 13.9. The number of aromatic nitrogens is 2. The smallest absolute Gasteiger partial charge is 0.416 e. The van der Waals surface area contributed by atoms with E-state index >= 15 is 0 Å². The van der Waals surface area contributed by atoms with Gasteiger partial charge in [0, 0.05) is 24.9 Å². The number of carbonyl (C=O) groups is 2. The number of carboxylic acid groups (broad SMARTS) is 2. The number of nitrogens with one attached hydrogen (secondary N) is 1. The standard InChI is InChI=1S/C20H24F3N3O4/c1-12(2)6-16(18(27)28)25-17(19(29)30)8-15-9-24-11-26(15)10-13-4-3-5-14(7-13)20(21,22)23/h3-5,7,9,11-12,16-17,25H,6,8,10H2,1-2H3,(H,27,28)(H,29,30). The van der Waals surface area contributed by atoms with E-state index in [4.69, 9.17) is 0 Å². The summed E-state index contributed by atoms with van der Waals surface area (Å²) in [5.41, 5.74) is 0.0675. The Morgan fingerprint density at radius 3 is 2.40 bits per heavy atom. The van der Waals surface area contributed by atoms with Crippen molar-refractivity contribution in [3.63, 3.8) is 0 Å². The zero-order valence-electron chi connectivity index (χ0n) is 16.6. The van der Waals surface area contributed by atoms with Crippen LogP contribution in [0, 0.1) is 5.92 Å². The van der Waals surface area contributed by atoms with Crippen LogP contribution in [0.3, 0.4) is 0 Å². The summed E-state index contributed by atoms with van der Waals surface area (Å²) >= 11 is 0. The van der Waals surface area contributed by atoms with Gasteiger partial charge in [0.25, 0.3) is 0 Å². The van der Waals surface area contributed by atoms with Crippen molar-refractivity contribution in [3.8, 4) is 0 Å². The Bertz CT molecular complexity index is 880. The minimum absolute atomic E-state index is 0.0412. The van der Waals surface area contributed by atoms with E-state index in [0.29, 0.717) is 11.3 Å². The molecule has 0 fully saturated rings. The van der Waals surface area contributed by atoms with Gasteiger partial charge in [0.2, 0.25) is 0 Å². The highest BCUT2D eigenvalue weighted by Crippen LogP contribution is 2.29. The highest BCUT2D eigenvalue weighted by Gasteiger charge is 2.30. The van der Waals surface area contributed by atoms with Crippen LogP contribution in [-0.4, -0.2) is 43.8 Å². The molecule has 2 rings (SSSR count). The first-order valence-electron chi connectivity index (χ1n) is 9.34. The lowest BCUT2D eigenvalue weighted by Crippen LogP contribution is -2.49. The summed E-state index contributed by atoms with van der Waals surface area (Å²) in [5.74, 6) is -2.33. The number of hydrogen-bond acceptors (Lipinski definition) is 4. The molecular formula is C20H24F3N3O4. The number of rotatable bonds is 10. The topological polar surface area (TPSA) is 104 Å². The summed E-state index contributed by atoms with van der Waals surface area (Å²) in [5, 5.41) is 21.5. The molecule has 0 saturated heterocycles. The molecule has 0 aliphatic carbocycles. The van der Waals surface area contributed by atoms with Crippen molar-refractivity contribution in [2.75, 3.05) is 0 Å². The summed E-state index contributed by atoms with van der Waals surface area (Å²) in [4.78, 5) is 27.1. The summed E-state index contributed by atoms with van der Waals surface area (Å²) in [6, 6.07) is 2.62. The van der Waals surface area contributed by atoms with Gasteiger partial charge in [0.1, 0.15) is 12.1 Å². The van der Waals surface area contributed by atoms with Gasteiger partial charge in [0.05, 0.1) is 11.9 Å². The van der Waals surface area contributed by atoms with Gasteiger partial charge in [-0.05, 0) is 30.0 Å². The van der Waals surface area contributed by atoms with Crippen LogP contribution < -0.4 is 5.32 Å². The van der Waals surface area contributed by atoms with Crippen molar-refractivity contribution in [1.29, 1.82) is 0 Å². The van der Waals surface area contributed by atoms with Crippen LogP contribution in [0.1, 0.15) is 37.1 Å². The van der Waals surface area contributed by atoms with Gasteiger partial charge in [-0.25, -0.2) is 4.98 Å². The van der Waals surface area contributed by atoms with E-state index in [1.807, 2.05) is 13.8 Å². The van der Waals surface area contributed by atoms with Crippen molar-refractivity contribution in [3.05, 3.63) is 53.6 Å². The molecular weight excluding hydrogens is 403 g/mol. The maximum Gasteiger partial charge on any atom is 0.416 e. The first-order valence-corrected chi connectivity index (χ1v) is 9.34. The minimum Gasteiger partial charge on any atom is -0.480 e. The average molecular weight is 427 g/mol. The lowest BCUT2D eigenvalue weighted by Gasteiger charge is -2.22. The number of hydrogen-bond donors (Lipinski definition) is 3. The van der Waals surface area contributed by atoms with Gasteiger partial charge in [-0.2, -0.15) is 13.2 Å². The van der Waals surface area contributed by atoms with Crippen LogP contribution in [0.25, 0.3) is 0 Å². The third-order valence-electron chi connectivity index (χ3n) is 4.52. The van der Waals surface area contributed by atoms with Crippen molar-refractivity contribution in [2.24, 2.45) is 5.92 Å². The summed E-state index contributed by atoms with van der Waals surface area (Å²) in [6.45, 7) is 3.73. The van der Waals surface area contributed by atoms with E-state index in [2.05, 4.69) is 10.3 Å². The van der Waals surface area contributed by atoms with Gasteiger partial charge in [-0.15, -0.1) is 0 Å². The second kappa shape index (κ2) is 9.75. The molecule has 0 aliphatic heterocycles. The van der Waals surface area contributed by atoms with Gasteiger partial charge >= 0.3 is 18.1 Å². The molecule has 1 aromatic carbocycles. The SMILES string of the molecule is CC(C)CC(NC(Cc1cncn1Cc1cccc(C(F)(F)F)c1)C(=O)O)C(=O)O. The average Bonchev–Trinajstić information content (AvgIpc) is 3.06. The summed E-state index contributed by atoms with van der Waals surface area (Å²) in [7, 11) is 0. The fraction of sp³-hybridized carbons (Fsp3) is 0.450. The van der Waals surface area contributed by atoms with Crippen LogP contribution in [0.5, 0.6) is 0 Å². The molecule has 0 bridgehead atoms. The van der Waals surface area contributed by atoms with Crippen molar-refractivity contribution < 1.29 is 33.0 Å². The number of carboxylic acids is 2. The predicted molar refractivity (Wildman–Crippen MR) is 102 cm³/mol. The Labute approximate surface area is 171 Å². The Morgan fingerprint density at radius 2 is 1.83 bits per heavy atom. The van der Waals surface area contributed by atoms with Crippen LogP contribution in [0.15, 0.2) is 36.8 Å². The molecule has 0 amide bonds. The van der Waals surface area contributed by atoms with Gasteiger partial charge in [-0.3, -0.25) is 14.9 Å². The number of benzene rings is 1. The quantitative estimate of drug-likeness (QED) is 0.539. The molecule has 2 atom stereocenters.